The fourth-order valence-corrected chi connectivity index (χ4v) is 1.68. The summed E-state index contributed by atoms with van der Waals surface area (Å²) >= 11 is 0. The minimum atomic E-state index is -4.31. The van der Waals surface area contributed by atoms with Crippen LogP contribution in [0.15, 0.2) is 6.07 Å². The second-order valence-electron chi connectivity index (χ2n) is 4.34. The van der Waals surface area contributed by atoms with E-state index < -0.39 is 11.7 Å². The minimum absolute atomic E-state index is 0.0332. The quantitative estimate of drug-likeness (QED) is 0.557. The van der Waals surface area contributed by atoms with Crippen LogP contribution in [0.1, 0.15) is 18.7 Å². The zero-order valence-corrected chi connectivity index (χ0v) is 10.2. The summed E-state index contributed by atoms with van der Waals surface area (Å²) in [6.07, 6.45) is -4.24. The Labute approximate surface area is 107 Å². The largest absolute Gasteiger partial charge is 0.411 e. The molecule has 9 heteroatoms. The molecule has 0 unspecified atom stereocenters. The van der Waals surface area contributed by atoms with Crippen LogP contribution in [0.2, 0.25) is 0 Å². The molecule has 1 fully saturated rings. The summed E-state index contributed by atoms with van der Waals surface area (Å²) in [4.78, 5) is 7.93. The maximum Gasteiger partial charge on any atom is 0.411 e. The first-order valence-electron chi connectivity index (χ1n) is 5.58. The lowest BCUT2D eigenvalue weighted by Crippen LogP contribution is -2.39. The fourth-order valence-electron chi connectivity index (χ4n) is 1.68. The van der Waals surface area contributed by atoms with Crippen molar-refractivity contribution in [3.05, 3.63) is 11.9 Å². The molecular formula is C10H14F3N5O. The molecule has 1 aliphatic carbocycles. The van der Waals surface area contributed by atoms with Gasteiger partial charge in [-0.3, -0.25) is 0 Å². The molecular weight excluding hydrogens is 263 g/mol. The molecule has 1 saturated carbocycles. The molecule has 0 aliphatic heterocycles. The molecule has 1 heterocycles. The van der Waals surface area contributed by atoms with Crippen molar-refractivity contribution < 1.29 is 17.9 Å². The summed E-state index contributed by atoms with van der Waals surface area (Å²) in [6, 6.07) is 1.32. The van der Waals surface area contributed by atoms with Crippen molar-refractivity contribution in [2.24, 2.45) is 5.84 Å². The van der Waals surface area contributed by atoms with Gasteiger partial charge in [0.15, 0.2) is 5.82 Å². The van der Waals surface area contributed by atoms with Gasteiger partial charge >= 0.3 is 6.18 Å². The van der Waals surface area contributed by atoms with E-state index in [2.05, 4.69) is 20.7 Å². The lowest BCUT2D eigenvalue weighted by Gasteiger charge is -2.21. The third kappa shape index (κ3) is 2.87. The van der Waals surface area contributed by atoms with Gasteiger partial charge in [0, 0.05) is 13.2 Å². The van der Waals surface area contributed by atoms with Crippen molar-refractivity contribution in [1.29, 1.82) is 0 Å². The number of hydrogen-bond acceptors (Lipinski definition) is 6. The number of rotatable bonds is 5. The predicted octanol–water partition coefficient (Wildman–Crippen LogP) is 1.42. The number of nitrogens with zero attached hydrogens (tertiary/aromatic N) is 2. The van der Waals surface area contributed by atoms with Crippen molar-refractivity contribution in [2.75, 3.05) is 17.9 Å². The van der Waals surface area contributed by atoms with E-state index in [0.29, 0.717) is 0 Å². The van der Waals surface area contributed by atoms with Gasteiger partial charge in [0.05, 0.1) is 0 Å². The monoisotopic (exact) mass is 277 g/mol. The van der Waals surface area contributed by atoms with Gasteiger partial charge in [0.1, 0.15) is 23.8 Å². The van der Waals surface area contributed by atoms with E-state index in [-0.39, 0.29) is 36.9 Å². The Morgan fingerprint density at radius 1 is 1.37 bits per heavy atom. The number of hydrogen-bond donors (Lipinski definition) is 3. The lowest BCUT2D eigenvalue weighted by molar-refractivity contribution is -0.151. The standard InChI is InChI=1S/C10H14F3N5O/c1-19-5-8-15-6(4-7(16-8)18-14)17-9(2-3-9)10(11,12)13/h4H,2-3,5,14H2,1H3,(H2,15,16,17,18). The number of aromatic nitrogens is 2. The van der Waals surface area contributed by atoms with Crippen LogP contribution in [0, 0.1) is 0 Å². The minimum Gasteiger partial charge on any atom is -0.377 e. The Morgan fingerprint density at radius 2 is 2.00 bits per heavy atom. The summed E-state index contributed by atoms with van der Waals surface area (Å²) in [5, 5.41) is 2.42. The van der Waals surface area contributed by atoms with Crippen molar-refractivity contribution >= 4 is 11.6 Å². The van der Waals surface area contributed by atoms with Gasteiger partial charge in [0.2, 0.25) is 0 Å². The van der Waals surface area contributed by atoms with Crippen LogP contribution in [-0.4, -0.2) is 28.8 Å². The Bertz CT molecular complexity index is 461. The summed E-state index contributed by atoms with van der Waals surface area (Å²) < 4.78 is 43.4. The zero-order valence-electron chi connectivity index (χ0n) is 10.2. The second-order valence-corrected chi connectivity index (χ2v) is 4.34. The number of halogens is 3. The predicted molar refractivity (Wildman–Crippen MR) is 62.2 cm³/mol. The van der Waals surface area contributed by atoms with Crippen LogP contribution >= 0.6 is 0 Å². The highest BCUT2D eigenvalue weighted by atomic mass is 19.4. The first kappa shape index (κ1) is 13.8. The van der Waals surface area contributed by atoms with Crippen LogP contribution in [0.25, 0.3) is 0 Å². The molecule has 1 aliphatic rings. The Balaban J connectivity index is 2.22. The van der Waals surface area contributed by atoms with Crippen LogP contribution in [0.4, 0.5) is 24.8 Å². The van der Waals surface area contributed by atoms with E-state index in [1.54, 1.807) is 0 Å². The van der Waals surface area contributed by atoms with Crippen molar-refractivity contribution in [2.45, 2.75) is 31.2 Å². The van der Waals surface area contributed by atoms with Crippen LogP contribution in [0.3, 0.4) is 0 Å². The number of methoxy groups -OCH3 is 1. The lowest BCUT2D eigenvalue weighted by atomic mass is 10.2. The first-order valence-corrected chi connectivity index (χ1v) is 5.58. The summed E-state index contributed by atoms with van der Waals surface area (Å²) in [7, 11) is 1.44. The van der Waals surface area contributed by atoms with Crippen molar-refractivity contribution in [3.63, 3.8) is 0 Å². The van der Waals surface area contributed by atoms with Crippen LogP contribution < -0.4 is 16.6 Å². The van der Waals surface area contributed by atoms with E-state index in [9.17, 15) is 13.2 Å². The van der Waals surface area contributed by atoms with E-state index in [4.69, 9.17) is 10.6 Å². The summed E-state index contributed by atoms with van der Waals surface area (Å²) in [6.45, 7) is 0.0865. The van der Waals surface area contributed by atoms with Gasteiger partial charge in [-0.2, -0.15) is 13.2 Å². The number of nitrogen functional groups attached to an aromatic ring is 1. The molecule has 6 nitrogen and oxygen atoms in total. The molecule has 0 atom stereocenters. The SMILES string of the molecule is COCc1nc(NN)cc(NC2(C(F)(F)F)CC2)n1. The highest BCUT2D eigenvalue weighted by Crippen LogP contribution is 2.51. The smallest absolute Gasteiger partial charge is 0.377 e. The second kappa shape index (κ2) is 4.82. The van der Waals surface area contributed by atoms with Crippen molar-refractivity contribution in [3.8, 4) is 0 Å². The molecule has 0 radical (unpaired) electrons. The number of ether oxygens (including phenoxy) is 1. The highest BCUT2D eigenvalue weighted by molar-refractivity contribution is 5.50. The van der Waals surface area contributed by atoms with E-state index >= 15 is 0 Å². The Hall–Kier alpha value is -1.61. The van der Waals surface area contributed by atoms with Gasteiger partial charge in [0.25, 0.3) is 0 Å². The molecule has 1 aromatic rings. The molecule has 1 aromatic heterocycles. The Morgan fingerprint density at radius 3 is 2.47 bits per heavy atom. The third-order valence-electron chi connectivity index (χ3n) is 2.85. The topological polar surface area (TPSA) is 85.1 Å². The molecule has 19 heavy (non-hydrogen) atoms. The van der Waals surface area contributed by atoms with Gasteiger partial charge in [-0.1, -0.05) is 0 Å². The molecule has 0 spiro atoms. The van der Waals surface area contributed by atoms with Crippen LogP contribution in [-0.2, 0) is 11.3 Å². The number of hydrazine groups is 1. The average molecular weight is 277 g/mol. The molecule has 0 saturated heterocycles. The summed E-state index contributed by atoms with van der Waals surface area (Å²) in [5.41, 5.74) is 0.406. The van der Waals surface area contributed by atoms with Gasteiger partial charge in [-0.05, 0) is 12.8 Å². The average Bonchev–Trinajstić information content (AvgIpc) is 3.09. The number of anilines is 2. The van der Waals surface area contributed by atoms with Crippen LogP contribution in [0.5, 0.6) is 0 Å². The molecule has 4 N–H and O–H groups in total. The molecule has 0 amide bonds. The molecule has 106 valence electrons. The van der Waals surface area contributed by atoms with Gasteiger partial charge in [-0.25, -0.2) is 15.8 Å². The third-order valence-corrected chi connectivity index (χ3v) is 2.85. The molecule has 0 aromatic carbocycles. The zero-order chi connectivity index (χ0) is 14.1. The summed E-state index contributed by atoms with van der Waals surface area (Å²) in [5.74, 6) is 5.76. The maximum absolute atomic E-state index is 12.8. The molecule has 0 bridgehead atoms. The van der Waals surface area contributed by atoms with Gasteiger partial charge < -0.3 is 15.5 Å². The maximum atomic E-state index is 12.8. The normalized spacial score (nSPS) is 17.1. The van der Waals surface area contributed by atoms with E-state index in [1.165, 1.54) is 13.2 Å². The van der Waals surface area contributed by atoms with Gasteiger partial charge in [-0.15, -0.1) is 0 Å². The van der Waals surface area contributed by atoms with Crippen molar-refractivity contribution in [1.82, 2.24) is 9.97 Å². The highest BCUT2D eigenvalue weighted by Gasteiger charge is 2.63. The van der Waals surface area contributed by atoms with E-state index in [0.717, 1.165) is 0 Å². The number of alkyl halides is 3. The molecule has 2 rings (SSSR count). The van der Waals surface area contributed by atoms with E-state index in [1.807, 2.05) is 0 Å². The fraction of sp³-hybridized carbons (Fsp3) is 0.600. The number of nitrogens with one attached hydrogen (secondary N) is 2. The Kier molecular flexibility index (Phi) is 3.50. The first-order chi connectivity index (χ1) is 8.90. The number of nitrogens with two attached hydrogens (primary N) is 1.